The van der Waals surface area contributed by atoms with Gasteiger partial charge in [0.05, 0.1) is 13.2 Å². The van der Waals surface area contributed by atoms with Gasteiger partial charge in [-0.3, -0.25) is 9.69 Å². The maximum atomic E-state index is 15.5. The third kappa shape index (κ3) is 10.2. The molecule has 7 rings (SSSR count). The summed E-state index contributed by atoms with van der Waals surface area (Å²) in [5.41, 5.74) is 5.46. The SMILES string of the molecule is C#CCC.Cc1ccc(C(=O)C2CCC2)cc1N(CCN1CCOCC1)CCN1CCC(c2cccc(C)c2OC(C)(c2ccc(Cl)cc2F)C2CCC2)CC1. The van der Waals surface area contributed by atoms with Crippen LogP contribution in [0.1, 0.15) is 110 Å². The molecule has 1 atom stereocenters. The second kappa shape index (κ2) is 19.8. The summed E-state index contributed by atoms with van der Waals surface area (Å²) in [6, 6.07) is 17.9. The summed E-state index contributed by atoms with van der Waals surface area (Å²) in [7, 11) is 0. The van der Waals surface area contributed by atoms with E-state index in [0.29, 0.717) is 22.3 Å². The smallest absolute Gasteiger partial charge is 0.166 e. The summed E-state index contributed by atoms with van der Waals surface area (Å²) < 4.78 is 28.2. The molecule has 2 heterocycles. The maximum absolute atomic E-state index is 15.5. The Morgan fingerprint density at radius 1 is 0.929 bits per heavy atom. The van der Waals surface area contributed by atoms with E-state index in [1.807, 2.05) is 19.1 Å². The number of halogens is 2. The number of hydrogen-bond donors (Lipinski definition) is 0. The molecule has 8 heteroatoms. The van der Waals surface area contributed by atoms with Crippen LogP contribution in [0.2, 0.25) is 5.02 Å². The monoisotopic (exact) mass is 783 g/mol. The third-order valence-electron chi connectivity index (χ3n) is 12.9. The number of likely N-dealkylation sites (tertiary alicyclic amines) is 1. The fourth-order valence-electron chi connectivity index (χ4n) is 8.74. The molecule has 2 aliphatic heterocycles. The van der Waals surface area contributed by atoms with E-state index in [0.717, 1.165) is 134 Å². The number of ether oxygens (including phenoxy) is 2. The largest absolute Gasteiger partial charge is 0.482 e. The highest BCUT2D eigenvalue weighted by Gasteiger charge is 2.44. The Balaban J connectivity index is 0.00000127. The van der Waals surface area contributed by atoms with Crippen LogP contribution in [-0.4, -0.2) is 81.2 Å². The molecule has 0 bridgehead atoms. The number of piperidine rings is 1. The van der Waals surface area contributed by atoms with Crippen LogP contribution >= 0.6 is 11.6 Å². The van der Waals surface area contributed by atoms with Gasteiger partial charge in [0, 0.05) is 79.4 Å². The molecular weight excluding hydrogens is 721 g/mol. The first-order chi connectivity index (χ1) is 27.1. The summed E-state index contributed by atoms with van der Waals surface area (Å²) in [4.78, 5) is 20.9. The highest BCUT2D eigenvalue weighted by atomic mass is 35.5. The van der Waals surface area contributed by atoms with Crippen molar-refractivity contribution in [1.29, 1.82) is 0 Å². The molecule has 302 valence electrons. The summed E-state index contributed by atoms with van der Waals surface area (Å²) >= 11 is 6.17. The fourth-order valence-corrected chi connectivity index (χ4v) is 8.90. The van der Waals surface area contributed by atoms with Crippen molar-refractivity contribution in [3.63, 3.8) is 0 Å². The molecule has 3 aromatic carbocycles. The van der Waals surface area contributed by atoms with Crippen LogP contribution in [0.25, 0.3) is 0 Å². The van der Waals surface area contributed by atoms with E-state index in [9.17, 15) is 4.79 Å². The summed E-state index contributed by atoms with van der Waals surface area (Å²) in [5, 5.41) is 0.406. The Morgan fingerprint density at radius 3 is 2.18 bits per heavy atom. The summed E-state index contributed by atoms with van der Waals surface area (Å²) in [6.07, 6.45) is 14.1. The fraction of sp³-hybridized carbons (Fsp3) is 0.562. The molecule has 2 saturated heterocycles. The highest BCUT2D eigenvalue weighted by molar-refractivity contribution is 6.30. The summed E-state index contributed by atoms with van der Waals surface area (Å²) in [6.45, 7) is 17.7. The predicted octanol–water partition coefficient (Wildman–Crippen LogP) is 10.2. The van der Waals surface area contributed by atoms with Crippen LogP contribution in [0.5, 0.6) is 5.75 Å². The number of terminal acetylenes is 1. The van der Waals surface area contributed by atoms with Gasteiger partial charge in [-0.05, 0) is 113 Å². The van der Waals surface area contributed by atoms with Gasteiger partial charge in [-0.15, -0.1) is 12.3 Å². The van der Waals surface area contributed by atoms with Crippen molar-refractivity contribution in [1.82, 2.24) is 9.80 Å². The van der Waals surface area contributed by atoms with E-state index in [4.69, 9.17) is 27.5 Å². The highest BCUT2D eigenvalue weighted by Crippen LogP contribution is 2.48. The molecule has 4 aliphatic rings. The normalized spacial score (nSPS) is 19.4. The van der Waals surface area contributed by atoms with E-state index < -0.39 is 5.60 Å². The van der Waals surface area contributed by atoms with Gasteiger partial charge in [-0.25, -0.2) is 4.39 Å². The molecular formula is C48H63ClFN3O3. The van der Waals surface area contributed by atoms with Crippen molar-refractivity contribution in [2.24, 2.45) is 11.8 Å². The molecule has 0 spiro atoms. The first-order valence-electron chi connectivity index (χ1n) is 21.2. The minimum atomic E-state index is -0.767. The van der Waals surface area contributed by atoms with Gasteiger partial charge in [0.25, 0.3) is 0 Å². The Hall–Kier alpha value is -3.41. The lowest BCUT2D eigenvalue weighted by molar-refractivity contribution is -0.0203. The van der Waals surface area contributed by atoms with Crippen LogP contribution in [0.4, 0.5) is 10.1 Å². The van der Waals surface area contributed by atoms with Gasteiger partial charge in [0.15, 0.2) is 5.78 Å². The number of para-hydroxylation sites is 1. The van der Waals surface area contributed by atoms with Crippen molar-refractivity contribution in [3.8, 4) is 18.1 Å². The van der Waals surface area contributed by atoms with Crippen molar-refractivity contribution >= 4 is 23.1 Å². The number of rotatable bonds is 14. The average Bonchev–Trinajstić information content (AvgIpc) is 3.15. The number of aryl methyl sites for hydroxylation is 2. The number of Topliss-reactive ketones (excluding diaryl/α,β-unsaturated/α-hetero) is 1. The van der Waals surface area contributed by atoms with E-state index in [2.05, 4.69) is 71.7 Å². The van der Waals surface area contributed by atoms with E-state index in [1.54, 1.807) is 6.07 Å². The number of carbonyl (C=O) groups is 1. The molecule has 56 heavy (non-hydrogen) atoms. The molecule has 2 saturated carbocycles. The lowest BCUT2D eigenvalue weighted by atomic mass is 9.70. The zero-order valence-corrected chi connectivity index (χ0v) is 35.0. The molecule has 0 aromatic heterocycles. The third-order valence-corrected chi connectivity index (χ3v) is 13.2. The zero-order valence-electron chi connectivity index (χ0n) is 34.3. The van der Waals surface area contributed by atoms with E-state index >= 15 is 4.39 Å². The van der Waals surface area contributed by atoms with Gasteiger partial charge in [0.1, 0.15) is 17.2 Å². The Kier molecular flexibility index (Phi) is 14.9. The van der Waals surface area contributed by atoms with Crippen molar-refractivity contribution in [3.05, 3.63) is 93.3 Å². The summed E-state index contributed by atoms with van der Waals surface area (Å²) in [5.74, 6) is 4.20. The molecule has 0 N–H and O–H groups in total. The van der Waals surface area contributed by atoms with Gasteiger partial charge in [-0.1, -0.05) is 67.8 Å². The second-order valence-corrected chi connectivity index (χ2v) is 17.0. The lowest BCUT2D eigenvalue weighted by Gasteiger charge is -2.44. The lowest BCUT2D eigenvalue weighted by Crippen LogP contribution is -2.44. The van der Waals surface area contributed by atoms with E-state index in [1.165, 1.54) is 29.3 Å². The van der Waals surface area contributed by atoms with E-state index in [-0.39, 0.29) is 17.7 Å². The van der Waals surface area contributed by atoms with Crippen molar-refractivity contribution in [2.45, 2.75) is 97.0 Å². The van der Waals surface area contributed by atoms with Crippen molar-refractivity contribution < 1.29 is 18.7 Å². The number of morpholine rings is 1. The van der Waals surface area contributed by atoms with Gasteiger partial charge in [0.2, 0.25) is 0 Å². The number of hydrogen-bond acceptors (Lipinski definition) is 6. The van der Waals surface area contributed by atoms with Crippen LogP contribution in [0.15, 0.2) is 54.6 Å². The predicted molar refractivity (Wildman–Crippen MR) is 228 cm³/mol. The molecule has 3 aromatic rings. The molecule has 4 fully saturated rings. The van der Waals surface area contributed by atoms with Gasteiger partial charge in [-0.2, -0.15) is 0 Å². The molecule has 0 radical (unpaired) electrons. The average molecular weight is 785 g/mol. The number of nitrogens with zero attached hydrogens (tertiary/aromatic N) is 3. The van der Waals surface area contributed by atoms with Crippen LogP contribution in [0.3, 0.4) is 0 Å². The first kappa shape index (κ1) is 42.2. The minimum Gasteiger partial charge on any atom is -0.482 e. The molecule has 0 amide bonds. The molecule has 6 nitrogen and oxygen atoms in total. The minimum absolute atomic E-state index is 0.198. The van der Waals surface area contributed by atoms with Gasteiger partial charge < -0.3 is 19.3 Å². The quantitative estimate of drug-likeness (QED) is 0.120. The number of benzene rings is 3. The number of anilines is 1. The first-order valence-corrected chi connectivity index (χ1v) is 21.6. The standard InChI is InChI=1S/C44H57ClFN3O3.C4H6/c1-31-13-14-35(42(50)34-8-5-9-34)29-41(31)49(24-22-48-25-27-51-28-26-48)23-21-47-19-17-33(18-20-47)38-12-4-7-32(2)43(38)52-44(3,36-10-6-11-36)39-16-15-37(45)30-40(39)46;1-3-4-2/h4,7,12-16,29-30,33-34,36H,5-6,8-11,17-28H2,1-3H3;1H,4H2,2H3. The Bertz CT molecular complexity index is 1810. The molecule has 2 aliphatic carbocycles. The Morgan fingerprint density at radius 2 is 1.59 bits per heavy atom. The maximum Gasteiger partial charge on any atom is 0.166 e. The van der Waals surface area contributed by atoms with Crippen LogP contribution in [-0.2, 0) is 10.3 Å². The van der Waals surface area contributed by atoms with Crippen LogP contribution in [0, 0.1) is 43.8 Å². The Labute approximate surface area is 341 Å². The zero-order chi connectivity index (χ0) is 39.7. The number of ketones is 1. The topological polar surface area (TPSA) is 45.2 Å². The van der Waals surface area contributed by atoms with Gasteiger partial charge >= 0.3 is 0 Å². The molecule has 1 unspecified atom stereocenters. The second-order valence-electron chi connectivity index (χ2n) is 16.6. The van der Waals surface area contributed by atoms with Crippen molar-refractivity contribution in [2.75, 3.05) is 70.5 Å². The van der Waals surface area contributed by atoms with Crippen LogP contribution < -0.4 is 9.64 Å². The number of carbonyl (C=O) groups excluding carboxylic acids is 1.